The van der Waals surface area contributed by atoms with Gasteiger partial charge in [-0.3, -0.25) is 9.98 Å². The van der Waals surface area contributed by atoms with Crippen molar-refractivity contribution in [2.75, 3.05) is 23.7 Å². The number of hydrogen-bond acceptors (Lipinski definition) is 12. The molecule has 0 saturated heterocycles. The summed E-state index contributed by atoms with van der Waals surface area (Å²) in [6, 6.07) is 23.7. The van der Waals surface area contributed by atoms with Crippen LogP contribution >= 0.6 is 23.2 Å². The average Bonchev–Trinajstić information content (AvgIpc) is 4.13. The number of anilines is 2. The Morgan fingerprint density at radius 3 is 1.68 bits per heavy atom. The highest BCUT2D eigenvalue weighted by atomic mass is 35.5. The van der Waals surface area contributed by atoms with Crippen LogP contribution in [0.25, 0.3) is 0 Å². The lowest BCUT2D eigenvalue weighted by Gasteiger charge is -2.37. The summed E-state index contributed by atoms with van der Waals surface area (Å²) in [5, 5.41) is 31.5. The topological polar surface area (TPSA) is 171 Å². The number of ether oxygens (including phenoxy) is 2. The first kappa shape index (κ1) is 43.4. The minimum atomic E-state index is -0.536. The van der Waals surface area contributed by atoms with Crippen LogP contribution in [0, 0.1) is 28.4 Å². The second kappa shape index (κ2) is 19.9. The average molecular weight is 893 g/mol. The fourth-order valence-corrected chi connectivity index (χ4v) is 8.71. The number of H-pyrrole nitrogens is 1. The van der Waals surface area contributed by atoms with E-state index in [0.29, 0.717) is 57.4 Å². The number of halogens is 4. The number of aliphatic imine (C=N–C) groups is 2. The van der Waals surface area contributed by atoms with Crippen molar-refractivity contribution in [3.05, 3.63) is 136 Å². The maximum atomic E-state index is 14.3. The molecule has 17 heteroatoms. The van der Waals surface area contributed by atoms with E-state index in [0.717, 1.165) is 60.4 Å². The quantitative estimate of drug-likeness (QED) is 0.116. The van der Waals surface area contributed by atoms with E-state index in [2.05, 4.69) is 52.3 Å². The van der Waals surface area contributed by atoms with Gasteiger partial charge in [-0.05, 0) is 112 Å². The molecule has 2 aliphatic carbocycles. The zero-order chi connectivity index (χ0) is 43.7. The van der Waals surface area contributed by atoms with Crippen LogP contribution in [0.1, 0.15) is 68.6 Å². The molecule has 3 aromatic heterocycles. The Morgan fingerprint density at radius 1 is 0.698 bits per heavy atom. The summed E-state index contributed by atoms with van der Waals surface area (Å²) in [5.74, 6) is 3.02. The third kappa shape index (κ3) is 10.9. The fraction of sp³-hybridized carbons (Fsp3) is 0.348. The van der Waals surface area contributed by atoms with Gasteiger partial charge in [-0.1, -0.05) is 64.8 Å². The highest BCUT2D eigenvalue weighted by molar-refractivity contribution is 6.31. The first-order chi connectivity index (χ1) is 30.7. The standard InChI is InChI=1S/C23H23ClFN7O.C23H22ClFN4O/c24-17-5-2-6-18(21(17)25)33-16-9-11-23(12-10-16,22-29-31-32-30-22)14-15-4-1-7-20(27-15)28-19-8-3-13-26-19;24-18-5-2-6-19(22(18)25)30-17-9-11-23(15-26,12-10-17)14-16-4-1-7-21(28-16)29-20-8-3-13-27-20/h1-8,16H,9-14H2,(H,26,27,28)(H,29,30,31,32);1-8,17H,9-14H2,(H,27,28,29). The lowest BCUT2D eigenvalue weighted by Crippen LogP contribution is -2.38. The van der Waals surface area contributed by atoms with Crippen LogP contribution < -0.4 is 20.1 Å². The third-order valence-corrected chi connectivity index (χ3v) is 12.3. The molecule has 0 bridgehead atoms. The Morgan fingerprint density at radius 2 is 1.21 bits per heavy atom. The predicted molar refractivity (Wildman–Crippen MR) is 239 cm³/mol. The number of rotatable bonds is 11. The summed E-state index contributed by atoms with van der Waals surface area (Å²) in [5.41, 5.74) is 0.955. The van der Waals surface area contributed by atoms with E-state index in [1.807, 2.05) is 60.7 Å². The van der Waals surface area contributed by atoms with Crippen LogP contribution in [-0.2, 0) is 18.3 Å². The number of nitrogens with zero attached hydrogens (tertiary/aromatic N) is 8. The summed E-state index contributed by atoms with van der Waals surface area (Å²) in [6.07, 6.45) is 14.5. The van der Waals surface area contributed by atoms with E-state index in [-0.39, 0.29) is 39.2 Å². The molecule has 4 aliphatic rings. The van der Waals surface area contributed by atoms with Crippen LogP contribution in [0.2, 0.25) is 10.0 Å². The van der Waals surface area contributed by atoms with Gasteiger partial charge < -0.3 is 20.1 Å². The number of tetrazole rings is 1. The number of pyridine rings is 2. The molecule has 2 fully saturated rings. The molecular formula is C46H45Cl2F2N11O2. The van der Waals surface area contributed by atoms with Crippen molar-refractivity contribution in [3.63, 3.8) is 0 Å². The van der Waals surface area contributed by atoms with E-state index in [9.17, 15) is 14.0 Å². The second-order valence-corrected chi connectivity index (χ2v) is 16.8. The smallest absolute Gasteiger partial charge is 0.183 e. The maximum absolute atomic E-state index is 14.3. The lowest BCUT2D eigenvalue weighted by atomic mass is 9.69. The summed E-state index contributed by atoms with van der Waals surface area (Å²) >= 11 is 11.7. The number of aromatic amines is 1. The molecule has 0 spiro atoms. The largest absolute Gasteiger partial charge is 0.487 e. The monoisotopic (exact) mass is 891 g/mol. The molecule has 63 heavy (non-hydrogen) atoms. The van der Waals surface area contributed by atoms with Gasteiger partial charge in [0.05, 0.1) is 46.8 Å². The molecule has 324 valence electrons. The van der Waals surface area contributed by atoms with E-state index in [1.54, 1.807) is 24.3 Å². The second-order valence-electron chi connectivity index (χ2n) is 16.0. The van der Waals surface area contributed by atoms with Crippen LogP contribution in [0.4, 0.5) is 20.4 Å². The van der Waals surface area contributed by atoms with Crippen molar-refractivity contribution >= 4 is 46.5 Å². The number of hydrogen-bond donors (Lipinski definition) is 3. The predicted octanol–water partition coefficient (Wildman–Crippen LogP) is 9.60. The SMILES string of the molecule is Fc1c(Cl)cccc1OC1CCC(Cc2cccc(NC3=NCC=C3)n2)(c2nn[nH]n2)CC1.N#CC1(Cc2cccc(NC3=NCC=C3)n2)CCC(Oc2cccc(Cl)c2F)CC1. The highest BCUT2D eigenvalue weighted by Crippen LogP contribution is 2.43. The molecule has 3 N–H and O–H groups in total. The molecule has 9 rings (SSSR count). The number of nitrogens with one attached hydrogen (secondary N) is 3. The van der Waals surface area contributed by atoms with Gasteiger partial charge in [0.15, 0.2) is 29.0 Å². The molecule has 2 aromatic carbocycles. The van der Waals surface area contributed by atoms with E-state index >= 15 is 0 Å². The molecule has 13 nitrogen and oxygen atoms in total. The zero-order valence-corrected chi connectivity index (χ0v) is 35.8. The molecule has 0 amide bonds. The number of aromatic nitrogens is 6. The van der Waals surface area contributed by atoms with Gasteiger partial charge in [0, 0.05) is 29.6 Å². The van der Waals surface area contributed by atoms with Crippen molar-refractivity contribution in [3.8, 4) is 17.6 Å². The first-order valence-corrected chi connectivity index (χ1v) is 21.7. The van der Waals surface area contributed by atoms with Crippen LogP contribution in [0.15, 0.2) is 107 Å². The van der Waals surface area contributed by atoms with Crippen LogP contribution in [0.5, 0.6) is 11.5 Å². The first-order valence-electron chi connectivity index (χ1n) is 20.9. The Labute approximate surface area is 373 Å². The van der Waals surface area contributed by atoms with Crippen molar-refractivity contribution in [1.82, 2.24) is 30.6 Å². The molecule has 0 unspecified atom stereocenters. The maximum Gasteiger partial charge on any atom is 0.183 e. The van der Waals surface area contributed by atoms with Crippen LogP contribution in [0.3, 0.4) is 0 Å². The molecule has 0 radical (unpaired) electrons. The summed E-state index contributed by atoms with van der Waals surface area (Å²) in [7, 11) is 0. The Bertz CT molecular complexity index is 2550. The molecule has 5 aromatic rings. The zero-order valence-electron chi connectivity index (χ0n) is 34.3. The van der Waals surface area contributed by atoms with Crippen molar-refractivity contribution in [1.29, 1.82) is 5.26 Å². The number of benzene rings is 2. The van der Waals surface area contributed by atoms with Gasteiger partial charge in [-0.15, -0.1) is 10.2 Å². The number of amidine groups is 2. The molecule has 0 atom stereocenters. The lowest BCUT2D eigenvalue weighted by molar-refractivity contribution is 0.102. The molecule has 2 aliphatic heterocycles. The minimum absolute atomic E-state index is 0.0494. The van der Waals surface area contributed by atoms with E-state index in [1.165, 1.54) is 12.1 Å². The third-order valence-electron chi connectivity index (χ3n) is 11.7. The summed E-state index contributed by atoms with van der Waals surface area (Å²) in [4.78, 5) is 18.1. The Balaban J connectivity index is 0.000000174. The van der Waals surface area contributed by atoms with Gasteiger partial charge in [-0.2, -0.15) is 10.5 Å². The Kier molecular flexibility index (Phi) is 13.7. The molecular weight excluding hydrogens is 847 g/mol. The summed E-state index contributed by atoms with van der Waals surface area (Å²) < 4.78 is 40.2. The van der Waals surface area contributed by atoms with Crippen LogP contribution in [-0.4, -0.2) is 67.6 Å². The molecule has 5 heterocycles. The van der Waals surface area contributed by atoms with Gasteiger partial charge in [0.2, 0.25) is 0 Å². The van der Waals surface area contributed by atoms with E-state index < -0.39 is 17.0 Å². The fourth-order valence-electron chi connectivity index (χ4n) is 8.38. The number of nitriles is 1. The molecule has 2 saturated carbocycles. The Hall–Kier alpha value is -6.24. The van der Waals surface area contributed by atoms with Gasteiger partial charge in [0.1, 0.15) is 23.3 Å². The van der Waals surface area contributed by atoms with Crippen molar-refractivity contribution in [2.45, 2.75) is 81.8 Å². The normalized spacial score (nSPS) is 22.6. The van der Waals surface area contributed by atoms with Gasteiger partial charge in [-0.25, -0.2) is 18.7 Å². The van der Waals surface area contributed by atoms with Gasteiger partial charge in [0.25, 0.3) is 0 Å². The minimum Gasteiger partial charge on any atom is -0.487 e. The van der Waals surface area contributed by atoms with Crippen molar-refractivity contribution in [2.24, 2.45) is 15.4 Å². The summed E-state index contributed by atoms with van der Waals surface area (Å²) in [6.45, 7) is 1.37. The highest BCUT2D eigenvalue weighted by Gasteiger charge is 2.42. The van der Waals surface area contributed by atoms with E-state index in [4.69, 9.17) is 37.7 Å². The van der Waals surface area contributed by atoms with Gasteiger partial charge >= 0.3 is 0 Å². The van der Waals surface area contributed by atoms with Crippen molar-refractivity contribution < 1.29 is 18.3 Å².